The number of hydrogen-bond donors (Lipinski definition) is 1. The van der Waals surface area contributed by atoms with E-state index in [2.05, 4.69) is 0 Å². The molecule has 0 saturated carbocycles. The minimum atomic E-state index is -1.10. The number of carboxylic acids is 1. The van der Waals surface area contributed by atoms with Gasteiger partial charge in [-0.2, -0.15) is 0 Å². The van der Waals surface area contributed by atoms with Gasteiger partial charge in [0.15, 0.2) is 0 Å². The van der Waals surface area contributed by atoms with Crippen molar-refractivity contribution >= 4 is 28.6 Å². The van der Waals surface area contributed by atoms with Crippen LogP contribution in [0.3, 0.4) is 0 Å². The van der Waals surface area contributed by atoms with Crippen LogP contribution in [0.25, 0.3) is 10.9 Å². The van der Waals surface area contributed by atoms with Crippen LogP contribution in [0, 0.1) is 0 Å². The largest absolute Gasteiger partial charge is 0.871 e. The van der Waals surface area contributed by atoms with Gasteiger partial charge in [-0.1, -0.05) is 47.8 Å². The van der Waals surface area contributed by atoms with Crippen molar-refractivity contribution in [1.29, 1.82) is 0 Å². The molecule has 0 spiro atoms. The predicted molar refractivity (Wildman–Crippen MR) is 86.2 cm³/mol. The zero-order chi connectivity index (χ0) is 16.6. The third kappa shape index (κ3) is 2.57. The highest BCUT2D eigenvalue weighted by Gasteiger charge is 2.15. The second kappa shape index (κ2) is 5.81. The van der Waals surface area contributed by atoms with Crippen LogP contribution in [0.5, 0.6) is 5.75 Å². The molecule has 0 aliphatic carbocycles. The van der Waals surface area contributed by atoms with E-state index in [0.29, 0.717) is 15.8 Å². The number of benzene rings is 2. The molecular weight excluding hydrogens is 314 g/mol. The van der Waals surface area contributed by atoms with Gasteiger partial charge in [-0.15, -0.1) is 0 Å². The van der Waals surface area contributed by atoms with E-state index in [1.807, 2.05) is 0 Å². The number of pyridine rings is 1. The van der Waals surface area contributed by atoms with Crippen LogP contribution in [-0.2, 0) is 7.05 Å². The van der Waals surface area contributed by atoms with Crippen LogP contribution in [-0.4, -0.2) is 15.6 Å². The summed E-state index contributed by atoms with van der Waals surface area (Å²) in [5.41, 5.74) is 0.185. The molecule has 3 aromatic rings. The van der Waals surface area contributed by atoms with Crippen molar-refractivity contribution in [3.05, 3.63) is 64.4 Å². The summed E-state index contributed by atoms with van der Waals surface area (Å²) in [6, 6.07) is 13.2. The van der Waals surface area contributed by atoms with E-state index in [1.54, 1.807) is 49.5 Å². The second-order valence-corrected chi connectivity index (χ2v) is 6.00. The van der Waals surface area contributed by atoms with E-state index >= 15 is 0 Å². The lowest BCUT2D eigenvalue weighted by atomic mass is 10.2. The van der Waals surface area contributed by atoms with Crippen molar-refractivity contribution in [3.63, 3.8) is 0 Å². The van der Waals surface area contributed by atoms with Crippen molar-refractivity contribution in [2.24, 2.45) is 7.05 Å². The summed E-state index contributed by atoms with van der Waals surface area (Å²) in [5, 5.41) is 22.3. The molecule has 0 unspecified atom stereocenters. The normalized spacial score (nSPS) is 10.8. The molecule has 1 N–H and O–H groups in total. The first-order valence-corrected chi connectivity index (χ1v) is 7.61. The third-order valence-corrected chi connectivity index (χ3v) is 4.68. The van der Waals surface area contributed by atoms with Gasteiger partial charge in [0.1, 0.15) is 0 Å². The zero-order valence-corrected chi connectivity index (χ0v) is 13.0. The Labute approximate surface area is 135 Å². The van der Waals surface area contributed by atoms with Crippen LogP contribution in [0.2, 0.25) is 0 Å². The zero-order valence-electron chi connectivity index (χ0n) is 12.1. The summed E-state index contributed by atoms with van der Waals surface area (Å²) in [4.78, 5) is 24.1. The molecule has 0 bridgehead atoms. The first-order valence-electron chi connectivity index (χ1n) is 6.79. The summed E-state index contributed by atoms with van der Waals surface area (Å²) in [6.45, 7) is 0. The fourth-order valence-corrected chi connectivity index (χ4v) is 3.43. The molecule has 2 aromatic carbocycles. The number of nitrogens with zero attached hydrogens (tertiary/aromatic N) is 1. The molecule has 0 radical (unpaired) electrons. The number of aromatic carboxylic acids is 1. The summed E-state index contributed by atoms with van der Waals surface area (Å²) < 4.78 is 1.41. The standard InChI is InChI=1S/C17H13NO4S/c1-18-12-8-4-2-6-10(12)14(19)15(16(18)20)23-13-9-5-3-7-11(13)17(21)22/h2-9,19H,1H3,(H,21,22)/p-1. The number of aryl methyl sites for hydroxylation is 1. The maximum absolute atomic E-state index is 12.6. The number of fused-ring (bicyclic) bond motifs is 1. The first kappa shape index (κ1) is 15.2. The number of carboxylic acid groups (broad SMARTS) is 1. The summed E-state index contributed by atoms with van der Waals surface area (Å²) in [7, 11) is 1.59. The number of para-hydroxylation sites is 1. The third-order valence-electron chi connectivity index (χ3n) is 3.54. The maximum atomic E-state index is 12.6. The lowest BCUT2D eigenvalue weighted by Gasteiger charge is -2.18. The molecule has 3 rings (SSSR count). The minimum Gasteiger partial charge on any atom is -0.871 e. The van der Waals surface area contributed by atoms with Gasteiger partial charge >= 0.3 is 5.97 Å². The summed E-state index contributed by atoms with van der Waals surface area (Å²) >= 11 is 0.898. The molecular formula is C17H12NO4S-. The van der Waals surface area contributed by atoms with Crippen molar-refractivity contribution in [3.8, 4) is 5.75 Å². The van der Waals surface area contributed by atoms with E-state index in [9.17, 15) is 19.8 Å². The molecule has 1 heterocycles. The van der Waals surface area contributed by atoms with Crippen molar-refractivity contribution in [2.75, 3.05) is 0 Å². The Kier molecular flexibility index (Phi) is 3.83. The van der Waals surface area contributed by atoms with Crippen molar-refractivity contribution in [2.45, 2.75) is 9.79 Å². The van der Waals surface area contributed by atoms with Crippen LogP contribution in [0.1, 0.15) is 10.4 Å². The Morgan fingerprint density at radius 3 is 2.52 bits per heavy atom. The van der Waals surface area contributed by atoms with E-state index in [1.165, 1.54) is 10.6 Å². The fraction of sp³-hybridized carbons (Fsp3) is 0.0588. The number of carbonyl (C=O) groups is 1. The van der Waals surface area contributed by atoms with E-state index in [4.69, 9.17) is 0 Å². The van der Waals surface area contributed by atoms with Gasteiger partial charge in [-0.05, 0) is 23.6 Å². The Balaban J connectivity index is 2.23. The van der Waals surface area contributed by atoms with Gasteiger partial charge in [0, 0.05) is 11.9 Å². The van der Waals surface area contributed by atoms with Crippen molar-refractivity contribution < 1.29 is 15.0 Å². The van der Waals surface area contributed by atoms with Gasteiger partial charge in [0.05, 0.1) is 16.0 Å². The average Bonchev–Trinajstić information content (AvgIpc) is 2.57. The lowest BCUT2D eigenvalue weighted by Crippen LogP contribution is -2.21. The van der Waals surface area contributed by atoms with Crippen molar-refractivity contribution in [1.82, 2.24) is 4.57 Å². The Bertz CT molecular complexity index is 978. The fourth-order valence-electron chi connectivity index (χ4n) is 2.37. The quantitative estimate of drug-likeness (QED) is 0.799. The minimum absolute atomic E-state index is 0.0000926. The Morgan fingerprint density at radius 1 is 1.13 bits per heavy atom. The maximum Gasteiger partial charge on any atom is 0.336 e. The Hall–Kier alpha value is -2.73. The molecule has 0 atom stereocenters. The molecule has 6 heteroatoms. The first-order chi connectivity index (χ1) is 11.0. The molecule has 0 saturated heterocycles. The molecule has 0 aliphatic heterocycles. The van der Waals surface area contributed by atoms with Crippen LogP contribution in [0.4, 0.5) is 0 Å². The van der Waals surface area contributed by atoms with Gasteiger partial charge in [0.2, 0.25) is 0 Å². The van der Waals surface area contributed by atoms with Gasteiger partial charge in [-0.25, -0.2) is 4.79 Å². The van der Waals surface area contributed by atoms with Gasteiger partial charge < -0.3 is 14.8 Å². The predicted octanol–water partition coefficient (Wildman–Crippen LogP) is 2.46. The number of hydrogen-bond acceptors (Lipinski definition) is 4. The SMILES string of the molecule is Cn1c(=O)c(Sc2ccccc2C(=O)O)c([O-])c2ccccc21. The topological polar surface area (TPSA) is 82.4 Å². The second-order valence-electron chi connectivity index (χ2n) is 4.94. The van der Waals surface area contributed by atoms with E-state index in [-0.39, 0.29) is 16.2 Å². The highest BCUT2D eigenvalue weighted by atomic mass is 32.2. The molecule has 1 aromatic heterocycles. The molecule has 0 amide bonds. The molecule has 0 fully saturated rings. The van der Waals surface area contributed by atoms with Crippen LogP contribution < -0.4 is 10.7 Å². The van der Waals surface area contributed by atoms with Gasteiger partial charge in [-0.3, -0.25) is 4.79 Å². The van der Waals surface area contributed by atoms with Crippen LogP contribution >= 0.6 is 11.8 Å². The Morgan fingerprint density at radius 2 is 1.78 bits per heavy atom. The molecule has 0 aliphatic rings. The highest BCUT2D eigenvalue weighted by Crippen LogP contribution is 2.35. The van der Waals surface area contributed by atoms with Crippen LogP contribution in [0.15, 0.2) is 63.1 Å². The lowest BCUT2D eigenvalue weighted by molar-refractivity contribution is -0.270. The smallest absolute Gasteiger partial charge is 0.336 e. The average molecular weight is 326 g/mol. The molecule has 116 valence electrons. The summed E-state index contributed by atoms with van der Waals surface area (Å²) in [5.74, 6) is -1.48. The highest BCUT2D eigenvalue weighted by molar-refractivity contribution is 7.99. The van der Waals surface area contributed by atoms with E-state index < -0.39 is 11.5 Å². The number of aromatic nitrogens is 1. The number of rotatable bonds is 3. The monoisotopic (exact) mass is 326 g/mol. The molecule has 5 nitrogen and oxygen atoms in total. The van der Waals surface area contributed by atoms with E-state index in [0.717, 1.165) is 11.8 Å². The summed E-state index contributed by atoms with van der Waals surface area (Å²) in [6.07, 6.45) is 0. The van der Waals surface area contributed by atoms with Gasteiger partial charge in [0.25, 0.3) is 5.56 Å². The molecule has 23 heavy (non-hydrogen) atoms.